The molecule has 5 nitrogen and oxygen atoms in total. The third-order valence-corrected chi connectivity index (χ3v) is 6.34. The van der Waals surface area contributed by atoms with E-state index in [-0.39, 0.29) is 22.6 Å². The first-order valence-corrected chi connectivity index (χ1v) is 9.81. The summed E-state index contributed by atoms with van der Waals surface area (Å²) in [5.74, 6) is 0.634. The third kappa shape index (κ3) is 5.46. The molecule has 0 aromatic carbocycles. The molecule has 2 atom stereocenters. The van der Waals surface area contributed by atoms with Gasteiger partial charge in [-0.25, -0.2) is 0 Å². The Morgan fingerprint density at radius 3 is 2.38 bits per heavy atom. The summed E-state index contributed by atoms with van der Waals surface area (Å²) < 4.78 is 15.2. The fraction of sp³-hybridized carbons (Fsp3) is 0.667. The van der Waals surface area contributed by atoms with E-state index in [0.717, 1.165) is 31.4 Å². The van der Waals surface area contributed by atoms with Gasteiger partial charge in [-0.15, -0.1) is 4.72 Å². The molecule has 1 saturated carbocycles. The number of hydrogen-bond donors (Lipinski definition) is 2. The zero-order valence-electron chi connectivity index (χ0n) is 15.0. The number of pyridine rings is 1. The van der Waals surface area contributed by atoms with Crippen molar-refractivity contribution in [3.8, 4) is 0 Å². The van der Waals surface area contributed by atoms with Crippen LogP contribution in [0.15, 0.2) is 24.5 Å². The van der Waals surface area contributed by atoms with Crippen LogP contribution in [0.3, 0.4) is 0 Å². The molecule has 1 amide bonds. The molecule has 0 saturated heterocycles. The van der Waals surface area contributed by atoms with Crippen molar-refractivity contribution >= 4 is 23.0 Å². The number of nitrogens with zero attached hydrogens (tertiary/aromatic N) is 1. The van der Waals surface area contributed by atoms with Crippen LogP contribution in [0.5, 0.6) is 0 Å². The molecule has 1 fully saturated rings. The van der Waals surface area contributed by atoms with Crippen LogP contribution < -0.4 is 10.0 Å². The monoisotopic (exact) mass is 351 g/mol. The Kier molecular flexibility index (Phi) is 6.66. The number of hydrogen-bond acceptors (Lipinski definition) is 4. The smallest absolute Gasteiger partial charge is 0.227 e. The van der Waals surface area contributed by atoms with Gasteiger partial charge < -0.3 is 9.87 Å². The SMILES string of the molecule is C[C@@H](N[S+]([O-])C(C)(C)C)C1CCC(C(=O)Nc2ccncc2)CC1. The molecule has 1 aromatic heterocycles. The van der Waals surface area contributed by atoms with Crippen molar-refractivity contribution in [3.63, 3.8) is 0 Å². The van der Waals surface area contributed by atoms with Crippen molar-refractivity contribution in [2.24, 2.45) is 11.8 Å². The number of anilines is 1. The number of rotatable bonds is 5. The van der Waals surface area contributed by atoms with E-state index in [1.54, 1.807) is 24.5 Å². The van der Waals surface area contributed by atoms with Gasteiger partial charge in [0.05, 0.1) is 6.04 Å². The minimum Gasteiger partial charge on any atom is -0.598 e. The van der Waals surface area contributed by atoms with Gasteiger partial charge in [-0.1, -0.05) is 0 Å². The highest BCUT2D eigenvalue weighted by Gasteiger charge is 2.33. The Bertz CT molecular complexity index is 525. The molecule has 0 aliphatic heterocycles. The Morgan fingerprint density at radius 2 is 1.83 bits per heavy atom. The lowest BCUT2D eigenvalue weighted by atomic mass is 9.79. The third-order valence-electron chi connectivity index (χ3n) is 4.65. The minimum absolute atomic E-state index is 0.0646. The van der Waals surface area contributed by atoms with E-state index in [4.69, 9.17) is 0 Å². The van der Waals surface area contributed by atoms with Crippen LogP contribution in [0.4, 0.5) is 5.69 Å². The average Bonchev–Trinajstić information content (AvgIpc) is 2.55. The van der Waals surface area contributed by atoms with Gasteiger partial charge in [0.25, 0.3) is 0 Å². The lowest BCUT2D eigenvalue weighted by molar-refractivity contribution is -0.121. The molecular formula is C18H29N3O2S. The molecule has 1 aliphatic rings. The van der Waals surface area contributed by atoms with Crippen molar-refractivity contribution in [2.45, 2.75) is 64.2 Å². The normalized spacial score (nSPS) is 24.2. The summed E-state index contributed by atoms with van der Waals surface area (Å²) in [4.78, 5) is 16.3. The predicted octanol–water partition coefficient (Wildman–Crippen LogP) is 3.27. The molecule has 134 valence electrons. The molecule has 1 heterocycles. The van der Waals surface area contributed by atoms with Crippen molar-refractivity contribution < 1.29 is 9.35 Å². The summed E-state index contributed by atoms with van der Waals surface area (Å²) in [7, 11) is 0. The molecule has 6 heteroatoms. The van der Waals surface area contributed by atoms with E-state index in [2.05, 4.69) is 21.9 Å². The lowest BCUT2D eigenvalue weighted by Crippen LogP contribution is -2.47. The highest BCUT2D eigenvalue weighted by Crippen LogP contribution is 2.32. The number of aromatic nitrogens is 1. The molecule has 24 heavy (non-hydrogen) atoms. The Labute approximate surface area is 148 Å². The van der Waals surface area contributed by atoms with Crippen LogP contribution in [0, 0.1) is 11.8 Å². The second-order valence-electron chi connectivity index (χ2n) is 7.62. The maximum Gasteiger partial charge on any atom is 0.227 e. The summed E-state index contributed by atoms with van der Waals surface area (Å²) >= 11 is -1.05. The lowest BCUT2D eigenvalue weighted by Gasteiger charge is -2.34. The first kappa shape index (κ1) is 19.2. The zero-order chi connectivity index (χ0) is 17.7. The van der Waals surface area contributed by atoms with Crippen LogP contribution in [0.25, 0.3) is 0 Å². The molecule has 0 radical (unpaired) electrons. The maximum absolute atomic E-state index is 12.4. The summed E-state index contributed by atoms with van der Waals surface area (Å²) in [6.07, 6.45) is 7.10. The predicted molar refractivity (Wildman–Crippen MR) is 98.8 cm³/mol. The number of nitrogens with one attached hydrogen (secondary N) is 2. The van der Waals surface area contributed by atoms with E-state index in [1.165, 1.54) is 0 Å². The fourth-order valence-electron chi connectivity index (χ4n) is 3.00. The van der Waals surface area contributed by atoms with Crippen molar-refractivity contribution in [1.29, 1.82) is 0 Å². The molecule has 2 N–H and O–H groups in total. The number of carbonyl (C=O) groups excluding carboxylic acids is 1. The first-order chi connectivity index (χ1) is 11.3. The van der Waals surface area contributed by atoms with Gasteiger partial charge in [-0.05, 0) is 71.4 Å². The Morgan fingerprint density at radius 1 is 1.25 bits per heavy atom. The molecule has 2 rings (SSSR count). The summed E-state index contributed by atoms with van der Waals surface area (Å²) in [5, 5.41) is 2.96. The minimum atomic E-state index is -1.05. The van der Waals surface area contributed by atoms with Gasteiger partial charge in [-0.2, -0.15) is 0 Å². The van der Waals surface area contributed by atoms with E-state index < -0.39 is 11.4 Å². The summed E-state index contributed by atoms with van der Waals surface area (Å²) in [5.41, 5.74) is 0.799. The molecule has 0 spiro atoms. The number of carbonyl (C=O) groups is 1. The van der Waals surface area contributed by atoms with Gasteiger partial charge in [0.1, 0.15) is 4.75 Å². The molecule has 1 aromatic rings. The molecular weight excluding hydrogens is 322 g/mol. The maximum atomic E-state index is 12.4. The van der Waals surface area contributed by atoms with E-state index in [0.29, 0.717) is 5.92 Å². The van der Waals surface area contributed by atoms with Gasteiger partial charge in [0.15, 0.2) is 0 Å². The fourth-order valence-corrected chi connectivity index (χ4v) is 3.89. The Hall–Kier alpha value is -1.11. The molecule has 1 unspecified atom stereocenters. The Balaban J connectivity index is 1.79. The van der Waals surface area contributed by atoms with Gasteiger partial charge in [0.2, 0.25) is 5.91 Å². The number of amides is 1. The van der Waals surface area contributed by atoms with Crippen LogP contribution in [-0.2, 0) is 16.2 Å². The van der Waals surface area contributed by atoms with Crippen LogP contribution in [0.2, 0.25) is 0 Å². The molecule has 1 aliphatic carbocycles. The largest absolute Gasteiger partial charge is 0.598 e. The van der Waals surface area contributed by atoms with Crippen molar-refractivity contribution in [3.05, 3.63) is 24.5 Å². The van der Waals surface area contributed by atoms with E-state index in [1.807, 2.05) is 20.8 Å². The van der Waals surface area contributed by atoms with Gasteiger partial charge >= 0.3 is 0 Å². The van der Waals surface area contributed by atoms with E-state index in [9.17, 15) is 9.35 Å². The van der Waals surface area contributed by atoms with Gasteiger partial charge in [-0.3, -0.25) is 9.78 Å². The highest BCUT2D eigenvalue weighted by molar-refractivity contribution is 7.90. The zero-order valence-corrected chi connectivity index (χ0v) is 15.9. The van der Waals surface area contributed by atoms with Crippen molar-refractivity contribution in [1.82, 2.24) is 9.71 Å². The van der Waals surface area contributed by atoms with Crippen molar-refractivity contribution in [2.75, 3.05) is 5.32 Å². The second kappa shape index (κ2) is 8.32. The van der Waals surface area contributed by atoms with Crippen LogP contribution >= 0.6 is 0 Å². The first-order valence-electron chi connectivity index (χ1n) is 8.66. The quantitative estimate of drug-likeness (QED) is 0.798. The summed E-state index contributed by atoms with van der Waals surface area (Å²) in [6, 6.07) is 3.81. The van der Waals surface area contributed by atoms with Crippen LogP contribution in [0.1, 0.15) is 53.4 Å². The topological polar surface area (TPSA) is 77.1 Å². The second-order valence-corrected chi connectivity index (χ2v) is 9.62. The average molecular weight is 352 g/mol. The van der Waals surface area contributed by atoms with Crippen LogP contribution in [-0.4, -0.2) is 26.2 Å². The summed E-state index contributed by atoms with van der Waals surface area (Å²) in [6.45, 7) is 8.03. The van der Waals surface area contributed by atoms with Gasteiger partial charge in [0, 0.05) is 35.4 Å². The molecule has 0 bridgehead atoms. The highest BCUT2D eigenvalue weighted by atomic mass is 32.2. The van der Waals surface area contributed by atoms with E-state index >= 15 is 0 Å². The standard InChI is InChI=1S/C18H29N3O2S/c1-13(21-24(23)18(2,3)4)14-5-7-15(8-6-14)17(22)20-16-9-11-19-12-10-16/h9-15,21H,5-8H2,1-4H3,(H,19,20,22)/t13-,14?,15?,24?/m1/s1.